The molecule has 3 nitrogen and oxygen atoms in total. The summed E-state index contributed by atoms with van der Waals surface area (Å²) in [6.45, 7) is 8.62. The Kier molecular flexibility index (Phi) is 5.55. The molecule has 0 aromatic heterocycles. The van der Waals surface area contributed by atoms with Crippen molar-refractivity contribution in [3.05, 3.63) is 34.4 Å². The van der Waals surface area contributed by atoms with Gasteiger partial charge >= 0.3 is 5.97 Å². The molecule has 3 N–H and O–H groups in total. The van der Waals surface area contributed by atoms with Crippen LogP contribution in [0.3, 0.4) is 0 Å². The fraction of sp³-hybridized carbons (Fsp3) is 0.562. The maximum Gasteiger partial charge on any atom is 0.307 e. The largest absolute Gasteiger partial charge is 0.481 e. The Labute approximate surface area is 115 Å². The second kappa shape index (κ2) is 6.71. The molecule has 1 aromatic carbocycles. The Balaban J connectivity index is 3.07. The monoisotopic (exact) mass is 263 g/mol. The van der Waals surface area contributed by atoms with Crippen molar-refractivity contribution in [3.8, 4) is 0 Å². The summed E-state index contributed by atoms with van der Waals surface area (Å²) in [7, 11) is 0. The van der Waals surface area contributed by atoms with Gasteiger partial charge in [0.05, 0.1) is 5.92 Å². The van der Waals surface area contributed by atoms with Gasteiger partial charge < -0.3 is 10.8 Å². The summed E-state index contributed by atoms with van der Waals surface area (Å²) in [4.78, 5) is 11.2. The van der Waals surface area contributed by atoms with Gasteiger partial charge in [-0.15, -0.1) is 0 Å². The Hall–Kier alpha value is -1.35. The molecule has 1 rings (SSSR count). The van der Waals surface area contributed by atoms with Crippen molar-refractivity contribution in [2.45, 2.75) is 46.5 Å². The fourth-order valence-electron chi connectivity index (χ4n) is 2.97. The van der Waals surface area contributed by atoms with Crippen LogP contribution in [0.5, 0.6) is 0 Å². The zero-order chi connectivity index (χ0) is 14.6. The second-order valence-corrected chi connectivity index (χ2v) is 5.42. The molecular weight excluding hydrogens is 238 g/mol. The highest BCUT2D eigenvalue weighted by molar-refractivity contribution is 5.70. The number of carboxylic acids is 1. The van der Waals surface area contributed by atoms with E-state index in [9.17, 15) is 4.79 Å². The molecule has 0 aliphatic heterocycles. The van der Waals surface area contributed by atoms with Crippen LogP contribution >= 0.6 is 0 Å². The second-order valence-electron chi connectivity index (χ2n) is 5.42. The molecule has 0 aliphatic rings. The molecule has 3 heteroatoms. The average Bonchev–Trinajstić information content (AvgIpc) is 2.31. The first-order chi connectivity index (χ1) is 8.90. The van der Waals surface area contributed by atoms with Gasteiger partial charge in [-0.3, -0.25) is 4.79 Å². The molecule has 0 heterocycles. The average molecular weight is 263 g/mol. The van der Waals surface area contributed by atoms with Gasteiger partial charge in [-0.05, 0) is 56.2 Å². The maximum atomic E-state index is 11.2. The lowest BCUT2D eigenvalue weighted by atomic mass is 9.82. The lowest BCUT2D eigenvalue weighted by Crippen LogP contribution is -2.25. The number of benzene rings is 1. The zero-order valence-electron chi connectivity index (χ0n) is 12.4. The van der Waals surface area contributed by atoms with E-state index in [1.54, 1.807) is 0 Å². The number of nitrogens with two attached hydrogens (primary N) is 1. The van der Waals surface area contributed by atoms with Crippen molar-refractivity contribution in [1.29, 1.82) is 0 Å². The highest BCUT2D eigenvalue weighted by Crippen LogP contribution is 2.32. The molecule has 0 amide bonds. The van der Waals surface area contributed by atoms with Crippen LogP contribution in [-0.2, 0) is 4.79 Å². The minimum atomic E-state index is -0.789. The number of aliphatic carboxylic acids is 1. The van der Waals surface area contributed by atoms with Crippen LogP contribution in [-0.4, -0.2) is 17.6 Å². The van der Waals surface area contributed by atoms with E-state index in [4.69, 9.17) is 10.8 Å². The van der Waals surface area contributed by atoms with E-state index in [0.29, 0.717) is 6.42 Å². The van der Waals surface area contributed by atoms with Crippen LogP contribution in [0.25, 0.3) is 0 Å². The molecular formula is C16H25NO2. The van der Waals surface area contributed by atoms with Crippen LogP contribution in [0.1, 0.15) is 47.9 Å². The van der Waals surface area contributed by atoms with E-state index in [0.717, 1.165) is 6.42 Å². The van der Waals surface area contributed by atoms with Crippen LogP contribution < -0.4 is 5.73 Å². The van der Waals surface area contributed by atoms with Gasteiger partial charge in [-0.1, -0.05) is 24.6 Å². The van der Waals surface area contributed by atoms with E-state index in [-0.39, 0.29) is 12.5 Å². The summed E-state index contributed by atoms with van der Waals surface area (Å²) in [6, 6.07) is 4.34. The molecule has 19 heavy (non-hydrogen) atoms. The third kappa shape index (κ3) is 3.80. The van der Waals surface area contributed by atoms with Crippen molar-refractivity contribution < 1.29 is 9.90 Å². The van der Waals surface area contributed by atoms with Gasteiger partial charge in [-0.25, -0.2) is 0 Å². The van der Waals surface area contributed by atoms with Crippen LogP contribution in [0, 0.1) is 26.7 Å². The van der Waals surface area contributed by atoms with E-state index in [1.165, 1.54) is 22.3 Å². The molecule has 0 aliphatic carbocycles. The Morgan fingerprint density at radius 3 is 2.16 bits per heavy atom. The van der Waals surface area contributed by atoms with Crippen LogP contribution in [0.2, 0.25) is 0 Å². The number of hydrogen-bond donors (Lipinski definition) is 2. The normalized spacial score (nSPS) is 14.2. The summed E-state index contributed by atoms with van der Waals surface area (Å²) >= 11 is 0. The smallest absolute Gasteiger partial charge is 0.307 e. The lowest BCUT2D eigenvalue weighted by Gasteiger charge is -2.23. The molecule has 1 aromatic rings. The predicted octanol–water partition coefficient (Wildman–Crippen LogP) is 3.16. The van der Waals surface area contributed by atoms with Crippen molar-refractivity contribution >= 4 is 5.97 Å². The number of rotatable bonds is 6. The Morgan fingerprint density at radius 1 is 1.26 bits per heavy atom. The molecule has 0 bridgehead atoms. The first-order valence-electron chi connectivity index (χ1n) is 6.91. The summed E-state index contributed by atoms with van der Waals surface area (Å²) in [6.07, 6.45) is 1.56. The third-order valence-corrected chi connectivity index (χ3v) is 3.84. The number of aryl methyl sites for hydroxylation is 3. The first-order valence-corrected chi connectivity index (χ1v) is 6.91. The van der Waals surface area contributed by atoms with Crippen molar-refractivity contribution in [2.75, 3.05) is 6.54 Å². The van der Waals surface area contributed by atoms with Crippen LogP contribution in [0.15, 0.2) is 12.1 Å². The first kappa shape index (κ1) is 15.7. The number of carbonyl (C=O) groups is 1. The quantitative estimate of drug-likeness (QED) is 0.828. The van der Waals surface area contributed by atoms with Crippen molar-refractivity contribution in [3.63, 3.8) is 0 Å². The molecule has 0 spiro atoms. The molecule has 0 saturated carbocycles. The lowest BCUT2D eigenvalue weighted by molar-refractivity contribution is -0.141. The molecule has 0 saturated heterocycles. The summed E-state index contributed by atoms with van der Waals surface area (Å²) in [5.74, 6) is -0.973. The van der Waals surface area contributed by atoms with Gasteiger partial charge in [0.2, 0.25) is 0 Å². The van der Waals surface area contributed by atoms with Crippen LogP contribution in [0.4, 0.5) is 0 Å². The number of carboxylic acid groups (broad SMARTS) is 1. The maximum absolute atomic E-state index is 11.2. The third-order valence-electron chi connectivity index (χ3n) is 3.84. The Bertz CT molecular complexity index is 431. The SMILES string of the molecule is CCC(CC(CN)C(=O)O)c1c(C)cc(C)cc1C. The summed E-state index contributed by atoms with van der Waals surface area (Å²) in [5.41, 5.74) is 10.6. The fourth-order valence-corrected chi connectivity index (χ4v) is 2.97. The predicted molar refractivity (Wildman–Crippen MR) is 78.5 cm³/mol. The van der Waals surface area contributed by atoms with E-state index >= 15 is 0 Å². The van der Waals surface area contributed by atoms with Gasteiger partial charge in [-0.2, -0.15) is 0 Å². The minimum Gasteiger partial charge on any atom is -0.481 e. The van der Waals surface area contributed by atoms with Crippen molar-refractivity contribution in [1.82, 2.24) is 0 Å². The van der Waals surface area contributed by atoms with E-state index in [2.05, 4.69) is 39.8 Å². The highest BCUT2D eigenvalue weighted by atomic mass is 16.4. The molecule has 0 radical (unpaired) electrons. The minimum absolute atomic E-state index is 0.204. The van der Waals surface area contributed by atoms with E-state index < -0.39 is 11.9 Å². The Morgan fingerprint density at radius 2 is 1.79 bits per heavy atom. The molecule has 2 atom stereocenters. The highest BCUT2D eigenvalue weighted by Gasteiger charge is 2.23. The summed E-state index contributed by atoms with van der Waals surface area (Å²) < 4.78 is 0. The van der Waals surface area contributed by atoms with E-state index in [1.807, 2.05) is 0 Å². The molecule has 106 valence electrons. The number of hydrogen-bond acceptors (Lipinski definition) is 2. The molecule has 2 unspecified atom stereocenters. The topological polar surface area (TPSA) is 63.3 Å². The molecule has 0 fully saturated rings. The van der Waals surface area contributed by atoms with Gasteiger partial charge in [0.1, 0.15) is 0 Å². The summed E-state index contributed by atoms with van der Waals surface area (Å²) in [5, 5.41) is 9.17. The van der Waals surface area contributed by atoms with Gasteiger partial charge in [0, 0.05) is 6.54 Å². The van der Waals surface area contributed by atoms with Gasteiger partial charge in [0.15, 0.2) is 0 Å². The standard InChI is InChI=1S/C16H25NO2/c1-5-13(8-14(9-17)16(18)19)15-11(3)6-10(2)7-12(15)4/h6-7,13-14H,5,8-9,17H2,1-4H3,(H,18,19). The van der Waals surface area contributed by atoms with Crippen molar-refractivity contribution in [2.24, 2.45) is 11.7 Å². The van der Waals surface area contributed by atoms with Gasteiger partial charge in [0.25, 0.3) is 0 Å². The zero-order valence-corrected chi connectivity index (χ0v) is 12.4.